The van der Waals surface area contributed by atoms with E-state index >= 15 is 0 Å². The molecule has 0 aliphatic carbocycles. The summed E-state index contributed by atoms with van der Waals surface area (Å²) in [7, 11) is 0. The lowest BCUT2D eigenvalue weighted by Crippen LogP contribution is -2.24. The number of ether oxygens (including phenoxy) is 1. The normalized spacial score (nSPS) is 12.3. The zero-order valence-corrected chi connectivity index (χ0v) is 14.0. The van der Waals surface area contributed by atoms with E-state index in [1.54, 1.807) is 28.6 Å². The molecule has 1 atom stereocenters. The average molecular weight is 323 g/mol. The van der Waals surface area contributed by atoms with Gasteiger partial charge in [0.25, 0.3) is 0 Å². The van der Waals surface area contributed by atoms with Gasteiger partial charge >= 0.3 is 0 Å². The fraction of sp³-hybridized carbons (Fsp3) is 0.467. The van der Waals surface area contributed by atoms with Crippen molar-refractivity contribution in [1.82, 2.24) is 15.5 Å². The number of nitrogens with zero attached hydrogens (tertiary/aromatic N) is 2. The lowest BCUT2D eigenvalue weighted by molar-refractivity contribution is 0.332. The standard InChI is InChI=1S/C15H21N3OS2/c1-3-9-16-13(10-20-15-18-17-11-21-15)12-7-5-6-8-14(12)19-4-2/h5-8,11,13,16H,3-4,9-10H2,1-2H3. The molecule has 1 unspecified atom stereocenters. The third-order valence-electron chi connectivity index (χ3n) is 2.95. The topological polar surface area (TPSA) is 47.0 Å². The van der Waals surface area contributed by atoms with Crippen LogP contribution in [0.2, 0.25) is 0 Å². The molecule has 0 fully saturated rings. The first-order valence-electron chi connectivity index (χ1n) is 7.19. The van der Waals surface area contributed by atoms with Crippen molar-refractivity contribution in [2.24, 2.45) is 0 Å². The van der Waals surface area contributed by atoms with Crippen LogP contribution < -0.4 is 10.1 Å². The van der Waals surface area contributed by atoms with Crippen molar-refractivity contribution in [3.63, 3.8) is 0 Å². The second-order valence-corrected chi connectivity index (χ2v) is 6.59. The van der Waals surface area contributed by atoms with Crippen LogP contribution >= 0.6 is 23.1 Å². The van der Waals surface area contributed by atoms with Crippen LogP contribution in [0.5, 0.6) is 5.75 Å². The Labute approximate surface area is 134 Å². The summed E-state index contributed by atoms with van der Waals surface area (Å²) < 4.78 is 6.77. The molecule has 0 saturated carbocycles. The third-order valence-corrected chi connectivity index (χ3v) is 4.90. The summed E-state index contributed by atoms with van der Waals surface area (Å²) in [5.41, 5.74) is 2.98. The predicted octanol–water partition coefficient (Wildman–Crippen LogP) is 3.77. The molecule has 0 bridgehead atoms. The molecule has 2 rings (SSSR count). The van der Waals surface area contributed by atoms with E-state index in [-0.39, 0.29) is 6.04 Å². The highest BCUT2D eigenvalue weighted by Crippen LogP contribution is 2.30. The first kappa shape index (κ1) is 16.3. The van der Waals surface area contributed by atoms with Crippen LogP contribution in [0.1, 0.15) is 31.9 Å². The number of para-hydroxylation sites is 1. The molecule has 0 amide bonds. The van der Waals surface area contributed by atoms with Gasteiger partial charge in [0.1, 0.15) is 11.3 Å². The quantitative estimate of drug-likeness (QED) is 0.712. The second-order valence-electron chi connectivity index (χ2n) is 4.49. The molecule has 1 heterocycles. The minimum Gasteiger partial charge on any atom is -0.494 e. The smallest absolute Gasteiger partial charge is 0.174 e. The van der Waals surface area contributed by atoms with E-state index in [0.29, 0.717) is 6.61 Å². The molecule has 0 radical (unpaired) electrons. The third kappa shape index (κ3) is 4.98. The van der Waals surface area contributed by atoms with Crippen LogP contribution in [0.15, 0.2) is 34.1 Å². The summed E-state index contributed by atoms with van der Waals surface area (Å²) in [6, 6.07) is 8.51. The molecule has 0 spiro atoms. The van der Waals surface area contributed by atoms with E-state index in [0.717, 1.165) is 28.8 Å². The maximum atomic E-state index is 5.76. The minimum absolute atomic E-state index is 0.251. The maximum absolute atomic E-state index is 5.76. The van der Waals surface area contributed by atoms with Crippen molar-refractivity contribution in [3.8, 4) is 5.75 Å². The van der Waals surface area contributed by atoms with E-state index in [1.165, 1.54) is 5.56 Å². The Balaban J connectivity index is 2.10. The molecule has 4 nitrogen and oxygen atoms in total. The Morgan fingerprint density at radius 1 is 1.33 bits per heavy atom. The Morgan fingerprint density at radius 3 is 2.90 bits per heavy atom. The van der Waals surface area contributed by atoms with E-state index in [4.69, 9.17) is 4.74 Å². The lowest BCUT2D eigenvalue weighted by Gasteiger charge is -2.21. The molecule has 1 N–H and O–H groups in total. The molecular formula is C15H21N3OS2. The number of hydrogen-bond donors (Lipinski definition) is 1. The number of hydrogen-bond acceptors (Lipinski definition) is 6. The summed E-state index contributed by atoms with van der Waals surface area (Å²) >= 11 is 3.31. The van der Waals surface area contributed by atoms with Gasteiger partial charge in [-0.25, -0.2) is 0 Å². The molecule has 0 aliphatic rings. The monoisotopic (exact) mass is 323 g/mol. The Hall–Kier alpha value is -1.11. The number of rotatable bonds is 9. The van der Waals surface area contributed by atoms with Gasteiger partial charge in [-0.05, 0) is 26.0 Å². The number of benzene rings is 1. The zero-order chi connectivity index (χ0) is 14.9. The maximum Gasteiger partial charge on any atom is 0.174 e. The molecule has 1 aromatic heterocycles. The summed E-state index contributed by atoms with van der Waals surface area (Å²) in [6.45, 7) is 5.86. The van der Waals surface area contributed by atoms with Crippen LogP contribution in [-0.4, -0.2) is 29.1 Å². The first-order valence-corrected chi connectivity index (χ1v) is 9.05. The van der Waals surface area contributed by atoms with Crippen LogP contribution in [-0.2, 0) is 0 Å². The first-order chi connectivity index (χ1) is 10.3. The van der Waals surface area contributed by atoms with E-state index in [9.17, 15) is 0 Å². The van der Waals surface area contributed by atoms with Crippen molar-refractivity contribution in [2.45, 2.75) is 30.6 Å². The Bertz CT molecular complexity index is 519. The van der Waals surface area contributed by atoms with Crippen LogP contribution in [0.3, 0.4) is 0 Å². The second kappa shape index (κ2) is 9.02. The van der Waals surface area contributed by atoms with Crippen molar-refractivity contribution in [2.75, 3.05) is 18.9 Å². The van der Waals surface area contributed by atoms with Gasteiger partial charge in [-0.3, -0.25) is 0 Å². The predicted molar refractivity (Wildman–Crippen MR) is 89.3 cm³/mol. The highest BCUT2D eigenvalue weighted by molar-refractivity contribution is 8.01. The number of thioether (sulfide) groups is 1. The van der Waals surface area contributed by atoms with Crippen molar-refractivity contribution in [3.05, 3.63) is 35.3 Å². The molecule has 0 aliphatic heterocycles. The summed E-state index contributed by atoms with van der Waals surface area (Å²) in [4.78, 5) is 0. The molecule has 6 heteroatoms. The number of nitrogens with one attached hydrogen (secondary N) is 1. The van der Waals surface area contributed by atoms with Gasteiger partial charge in [0.2, 0.25) is 0 Å². The van der Waals surface area contributed by atoms with Gasteiger partial charge in [-0.15, -0.1) is 10.2 Å². The highest BCUT2D eigenvalue weighted by Gasteiger charge is 2.16. The van der Waals surface area contributed by atoms with E-state index in [2.05, 4.69) is 34.6 Å². The molecule has 114 valence electrons. The zero-order valence-electron chi connectivity index (χ0n) is 12.4. The molecule has 1 aromatic carbocycles. The Kier molecular flexibility index (Phi) is 6.99. The van der Waals surface area contributed by atoms with E-state index in [1.807, 2.05) is 19.1 Å². The molecule has 21 heavy (non-hydrogen) atoms. The fourth-order valence-corrected chi connectivity index (χ4v) is 3.61. The number of aromatic nitrogens is 2. The summed E-state index contributed by atoms with van der Waals surface area (Å²) in [6.07, 6.45) is 1.11. The van der Waals surface area contributed by atoms with Crippen LogP contribution in [0.25, 0.3) is 0 Å². The summed E-state index contributed by atoms with van der Waals surface area (Å²) in [5, 5.41) is 11.6. The van der Waals surface area contributed by atoms with E-state index < -0.39 is 0 Å². The van der Waals surface area contributed by atoms with Crippen LogP contribution in [0, 0.1) is 0 Å². The van der Waals surface area contributed by atoms with Crippen molar-refractivity contribution >= 4 is 23.1 Å². The minimum atomic E-state index is 0.251. The average Bonchev–Trinajstić information content (AvgIpc) is 3.02. The Morgan fingerprint density at radius 2 is 2.19 bits per heavy atom. The fourth-order valence-electron chi connectivity index (χ4n) is 2.01. The lowest BCUT2D eigenvalue weighted by atomic mass is 10.1. The van der Waals surface area contributed by atoms with Crippen molar-refractivity contribution < 1.29 is 4.74 Å². The van der Waals surface area contributed by atoms with Crippen LogP contribution in [0.4, 0.5) is 0 Å². The van der Waals surface area contributed by atoms with Gasteiger partial charge in [0.05, 0.1) is 6.61 Å². The van der Waals surface area contributed by atoms with Gasteiger partial charge in [-0.2, -0.15) is 0 Å². The largest absolute Gasteiger partial charge is 0.494 e. The SMILES string of the molecule is CCCNC(CSc1nncs1)c1ccccc1OCC. The van der Waals surface area contributed by atoms with Gasteiger partial charge in [0.15, 0.2) is 4.34 Å². The van der Waals surface area contributed by atoms with Gasteiger partial charge in [-0.1, -0.05) is 48.2 Å². The summed E-state index contributed by atoms with van der Waals surface area (Å²) in [5.74, 6) is 1.88. The molecule has 2 aromatic rings. The van der Waals surface area contributed by atoms with Gasteiger partial charge < -0.3 is 10.1 Å². The van der Waals surface area contributed by atoms with Crippen molar-refractivity contribution in [1.29, 1.82) is 0 Å². The molecule has 0 saturated heterocycles. The molecular weight excluding hydrogens is 302 g/mol. The van der Waals surface area contributed by atoms with Gasteiger partial charge in [0, 0.05) is 17.4 Å². The highest BCUT2D eigenvalue weighted by atomic mass is 32.2.